The summed E-state index contributed by atoms with van der Waals surface area (Å²) in [6, 6.07) is 16.6. The van der Waals surface area contributed by atoms with Crippen molar-refractivity contribution in [3.8, 4) is 5.69 Å². The summed E-state index contributed by atoms with van der Waals surface area (Å²) in [7, 11) is 0. The Morgan fingerprint density at radius 1 is 0.967 bits per heavy atom. The Kier molecular flexibility index (Phi) is 6.08. The highest BCUT2D eigenvalue weighted by atomic mass is 32.2. The molecule has 0 unspecified atom stereocenters. The van der Waals surface area contributed by atoms with Crippen molar-refractivity contribution in [2.75, 3.05) is 36.8 Å². The van der Waals surface area contributed by atoms with Crippen LogP contribution >= 0.6 is 11.8 Å². The predicted molar refractivity (Wildman–Crippen MR) is 119 cm³/mol. The summed E-state index contributed by atoms with van der Waals surface area (Å²) in [6.07, 6.45) is 0. The maximum Gasteiger partial charge on any atom is 0.233 e. The van der Waals surface area contributed by atoms with Gasteiger partial charge in [0, 0.05) is 31.9 Å². The second-order valence-corrected chi connectivity index (χ2v) is 8.37. The molecule has 7 heteroatoms. The van der Waals surface area contributed by atoms with Gasteiger partial charge in [0.1, 0.15) is 5.82 Å². The number of rotatable bonds is 5. The van der Waals surface area contributed by atoms with Crippen molar-refractivity contribution < 1.29 is 9.18 Å². The molecule has 4 rings (SSSR count). The number of nitrogens with zero attached hydrogens (tertiary/aromatic N) is 4. The third kappa shape index (κ3) is 4.36. The first-order valence-corrected chi connectivity index (χ1v) is 11.0. The average molecular weight is 425 g/mol. The van der Waals surface area contributed by atoms with E-state index in [1.807, 2.05) is 53.8 Å². The predicted octanol–water partition coefficient (Wildman–Crippen LogP) is 4.07. The molecule has 1 saturated heterocycles. The SMILES string of the molecule is Cc1nn(-c2ccccc2)c(C)c1SCC(=O)N1CCN(c2ccc(F)cc2)CC1. The molecule has 0 bridgehead atoms. The lowest BCUT2D eigenvalue weighted by atomic mass is 10.2. The van der Waals surface area contributed by atoms with E-state index in [2.05, 4.69) is 10.00 Å². The van der Waals surface area contributed by atoms with Gasteiger partial charge in [-0.15, -0.1) is 11.8 Å². The van der Waals surface area contributed by atoms with Crippen molar-refractivity contribution in [1.82, 2.24) is 14.7 Å². The second kappa shape index (κ2) is 8.92. The molecule has 0 N–H and O–H groups in total. The van der Waals surface area contributed by atoms with Crippen LogP contribution in [0.25, 0.3) is 5.69 Å². The molecule has 1 aliphatic heterocycles. The standard InChI is InChI=1S/C23H25FN4OS/c1-17-23(18(2)28(25-17)21-6-4-3-5-7-21)30-16-22(29)27-14-12-26(13-15-27)20-10-8-19(24)9-11-20/h3-11H,12-16H2,1-2H3. The third-order valence-corrected chi connectivity index (χ3v) is 6.66. The highest BCUT2D eigenvalue weighted by molar-refractivity contribution is 8.00. The number of para-hydroxylation sites is 1. The maximum atomic E-state index is 13.1. The maximum absolute atomic E-state index is 13.1. The molecule has 156 valence electrons. The number of piperazine rings is 1. The molecular formula is C23H25FN4OS. The van der Waals surface area contributed by atoms with E-state index < -0.39 is 0 Å². The molecule has 30 heavy (non-hydrogen) atoms. The zero-order valence-electron chi connectivity index (χ0n) is 17.2. The Bertz CT molecular complexity index is 1010. The average Bonchev–Trinajstić information content (AvgIpc) is 3.06. The van der Waals surface area contributed by atoms with Crippen molar-refractivity contribution in [3.63, 3.8) is 0 Å². The van der Waals surface area contributed by atoms with Crippen molar-refractivity contribution in [2.24, 2.45) is 0 Å². The van der Waals surface area contributed by atoms with Gasteiger partial charge in [-0.05, 0) is 50.2 Å². The number of anilines is 1. The number of carbonyl (C=O) groups is 1. The first-order valence-electron chi connectivity index (χ1n) is 10.1. The molecular weight excluding hydrogens is 399 g/mol. The third-order valence-electron chi connectivity index (χ3n) is 5.39. The summed E-state index contributed by atoms with van der Waals surface area (Å²) < 4.78 is 15.1. The fourth-order valence-corrected chi connectivity index (χ4v) is 4.74. The van der Waals surface area contributed by atoms with Gasteiger partial charge >= 0.3 is 0 Å². The van der Waals surface area contributed by atoms with Crippen LogP contribution in [0.3, 0.4) is 0 Å². The monoisotopic (exact) mass is 424 g/mol. The Morgan fingerprint density at radius 2 is 1.63 bits per heavy atom. The first-order chi connectivity index (χ1) is 14.5. The van der Waals surface area contributed by atoms with Gasteiger partial charge in [-0.3, -0.25) is 4.79 Å². The molecule has 5 nitrogen and oxygen atoms in total. The largest absolute Gasteiger partial charge is 0.368 e. The molecule has 1 fully saturated rings. The first kappa shape index (κ1) is 20.5. The fourth-order valence-electron chi connectivity index (χ4n) is 3.75. The minimum atomic E-state index is -0.231. The number of hydrogen-bond donors (Lipinski definition) is 0. The normalized spacial score (nSPS) is 14.2. The highest BCUT2D eigenvalue weighted by Gasteiger charge is 2.22. The Labute approximate surface area is 180 Å². The molecule has 2 heterocycles. The molecule has 0 atom stereocenters. The van der Waals surface area contributed by atoms with Crippen LogP contribution in [0.2, 0.25) is 0 Å². The fraction of sp³-hybridized carbons (Fsp3) is 0.304. The minimum Gasteiger partial charge on any atom is -0.368 e. The Balaban J connectivity index is 1.34. The molecule has 2 aromatic carbocycles. The molecule has 0 spiro atoms. The van der Waals surface area contributed by atoms with Gasteiger partial charge in [-0.25, -0.2) is 9.07 Å². The lowest BCUT2D eigenvalue weighted by molar-refractivity contribution is -0.128. The van der Waals surface area contributed by atoms with E-state index in [0.717, 1.165) is 40.7 Å². The van der Waals surface area contributed by atoms with Crippen LogP contribution in [0.1, 0.15) is 11.4 Å². The summed E-state index contributed by atoms with van der Waals surface area (Å²) in [5.41, 5.74) is 4.01. The van der Waals surface area contributed by atoms with Gasteiger partial charge in [0.2, 0.25) is 5.91 Å². The number of amides is 1. The van der Waals surface area contributed by atoms with Crippen LogP contribution in [0.4, 0.5) is 10.1 Å². The summed E-state index contributed by atoms with van der Waals surface area (Å²) >= 11 is 1.56. The van der Waals surface area contributed by atoms with Crippen LogP contribution in [0.15, 0.2) is 59.5 Å². The summed E-state index contributed by atoms with van der Waals surface area (Å²) in [6.45, 7) is 6.90. The van der Waals surface area contributed by atoms with E-state index >= 15 is 0 Å². The molecule has 0 aliphatic carbocycles. The number of aryl methyl sites for hydroxylation is 1. The van der Waals surface area contributed by atoms with E-state index in [9.17, 15) is 9.18 Å². The second-order valence-electron chi connectivity index (χ2n) is 7.38. The van der Waals surface area contributed by atoms with Gasteiger partial charge in [0.15, 0.2) is 0 Å². The van der Waals surface area contributed by atoms with Crippen LogP contribution in [0.5, 0.6) is 0 Å². The zero-order valence-corrected chi connectivity index (χ0v) is 18.0. The van der Waals surface area contributed by atoms with E-state index in [0.29, 0.717) is 18.8 Å². The lowest BCUT2D eigenvalue weighted by Gasteiger charge is -2.36. The number of thioether (sulfide) groups is 1. The number of benzene rings is 2. The summed E-state index contributed by atoms with van der Waals surface area (Å²) in [4.78, 5) is 17.9. The van der Waals surface area contributed by atoms with Crippen molar-refractivity contribution in [1.29, 1.82) is 0 Å². The Hall–Kier alpha value is -2.80. The quantitative estimate of drug-likeness (QED) is 0.579. The van der Waals surface area contributed by atoms with Gasteiger partial charge in [-0.2, -0.15) is 5.10 Å². The van der Waals surface area contributed by atoms with E-state index in [1.165, 1.54) is 12.1 Å². The molecule has 1 aromatic heterocycles. The van der Waals surface area contributed by atoms with Gasteiger partial charge in [-0.1, -0.05) is 18.2 Å². The molecule has 1 aliphatic rings. The topological polar surface area (TPSA) is 41.4 Å². The van der Waals surface area contributed by atoms with Crippen LogP contribution in [-0.2, 0) is 4.79 Å². The van der Waals surface area contributed by atoms with Crippen molar-refractivity contribution in [2.45, 2.75) is 18.7 Å². The van der Waals surface area contributed by atoms with Gasteiger partial charge < -0.3 is 9.80 Å². The van der Waals surface area contributed by atoms with E-state index in [1.54, 1.807) is 23.9 Å². The van der Waals surface area contributed by atoms with Crippen LogP contribution < -0.4 is 4.90 Å². The van der Waals surface area contributed by atoms with E-state index in [4.69, 9.17) is 0 Å². The summed E-state index contributed by atoms with van der Waals surface area (Å²) in [5.74, 6) is 0.314. The van der Waals surface area contributed by atoms with Crippen LogP contribution in [0, 0.1) is 19.7 Å². The number of hydrogen-bond acceptors (Lipinski definition) is 4. The number of halogens is 1. The molecule has 0 radical (unpaired) electrons. The number of aromatic nitrogens is 2. The lowest BCUT2D eigenvalue weighted by Crippen LogP contribution is -2.49. The Morgan fingerprint density at radius 3 is 2.30 bits per heavy atom. The zero-order chi connectivity index (χ0) is 21.1. The van der Waals surface area contributed by atoms with Gasteiger partial charge in [0.05, 0.1) is 27.7 Å². The van der Waals surface area contributed by atoms with Crippen molar-refractivity contribution in [3.05, 3.63) is 71.8 Å². The number of carbonyl (C=O) groups excluding carboxylic acids is 1. The smallest absolute Gasteiger partial charge is 0.233 e. The molecule has 0 saturated carbocycles. The van der Waals surface area contributed by atoms with Crippen molar-refractivity contribution >= 4 is 23.4 Å². The molecule has 3 aromatic rings. The van der Waals surface area contributed by atoms with Gasteiger partial charge in [0.25, 0.3) is 0 Å². The summed E-state index contributed by atoms with van der Waals surface area (Å²) in [5, 5.41) is 4.66. The molecule has 1 amide bonds. The highest BCUT2D eigenvalue weighted by Crippen LogP contribution is 2.28. The minimum absolute atomic E-state index is 0.144. The van der Waals surface area contributed by atoms with E-state index in [-0.39, 0.29) is 11.7 Å². The van der Waals surface area contributed by atoms with Crippen LogP contribution in [-0.4, -0.2) is 52.5 Å².